The Bertz CT molecular complexity index is 1250. The smallest absolute Gasteiger partial charge is 0.334 e. The van der Waals surface area contributed by atoms with Crippen LogP contribution in [-0.2, 0) is 4.79 Å². The maximum absolute atomic E-state index is 13.2. The third kappa shape index (κ3) is 5.46. The van der Waals surface area contributed by atoms with Crippen molar-refractivity contribution in [2.24, 2.45) is 0 Å². The molecule has 0 bridgehead atoms. The predicted octanol–water partition coefficient (Wildman–Crippen LogP) is 5.01. The standard InChI is InChI=1S/C24H19IN6O3/c25-18-11-13-19(14-12-18)28-22-21(31(33)34)23(27-15-26-22)29-30-24(32)20(16-7-3-1-4-8-16)17-9-5-2-6-10-17/h1-15,20H,(H,30,32)(H2,26,27,28,29). The summed E-state index contributed by atoms with van der Waals surface area (Å²) in [7, 11) is 0. The lowest BCUT2D eigenvalue weighted by atomic mass is 9.91. The molecule has 0 atom stereocenters. The summed E-state index contributed by atoms with van der Waals surface area (Å²) in [6.45, 7) is 0. The molecule has 0 fully saturated rings. The average molecular weight is 566 g/mol. The van der Waals surface area contributed by atoms with E-state index in [2.05, 4.69) is 48.7 Å². The molecule has 0 aliphatic carbocycles. The van der Waals surface area contributed by atoms with Crippen LogP contribution in [0.5, 0.6) is 0 Å². The van der Waals surface area contributed by atoms with Gasteiger partial charge in [-0.25, -0.2) is 9.97 Å². The Kier molecular flexibility index (Phi) is 7.28. The van der Waals surface area contributed by atoms with E-state index in [4.69, 9.17) is 0 Å². The molecule has 0 unspecified atom stereocenters. The molecule has 0 saturated heterocycles. The zero-order valence-corrected chi connectivity index (χ0v) is 19.8. The second-order valence-corrected chi connectivity index (χ2v) is 8.42. The zero-order chi connectivity index (χ0) is 23.9. The highest BCUT2D eigenvalue weighted by Crippen LogP contribution is 2.31. The molecular formula is C24H19IN6O3. The van der Waals surface area contributed by atoms with E-state index in [1.165, 1.54) is 6.33 Å². The Morgan fingerprint density at radius 1 is 0.853 bits per heavy atom. The van der Waals surface area contributed by atoms with E-state index in [1.54, 1.807) is 12.1 Å². The van der Waals surface area contributed by atoms with Gasteiger partial charge in [0, 0.05) is 9.26 Å². The van der Waals surface area contributed by atoms with Gasteiger partial charge in [0.05, 0.1) is 10.8 Å². The Labute approximate surface area is 208 Å². The highest BCUT2D eigenvalue weighted by Gasteiger charge is 2.26. The number of amides is 1. The summed E-state index contributed by atoms with van der Waals surface area (Å²) < 4.78 is 1.02. The van der Waals surface area contributed by atoms with Crippen LogP contribution in [0.1, 0.15) is 17.0 Å². The van der Waals surface area contributed by atoms with E-state index in [-0.39, 0.29) is 11.6 Å². The number of aromatic nitrogens is 2. The fraction of sp³-hybridized carbons (Fsp3) is 0.0417. The fourth-order valence-corrected chi connectivity index (χ4v) is 3.74. The number of carbonyl (C=O) groups excluding carboxylic acids is 1. The second kappa shape index (κ2) is 10.7. The predicted molar refractivity (Wildman–Crippen MR) is 138 cm³/mol. The van der Waals surface area contributed by atoms with Crippen LogP contribution in [0.15, 0.2) is 91.3 Å². The number of hydrogen-bond donors (Lipinski definition) is 3. The summed E-state index contributed by atoms with van der Waals surface area (Å²) in [5.41, 5.74) is 7.00. The first kappa shape index (κ1) is 23.1. The van der Waals surface area contributed by atoms with Crippen LogP contribution < -0.4 is 16.2 Å². The number of halogens is 1. The molecule has 4 rings (SSSR count). The van der Waals surface area contributed by atoms with E-state index in [0.29, 0.717) is 5.69 Å². The van der Waals surface area contributed by atoms with Gasteiger partial charge in [-0.1, -0.05) is 60.7 Å². The van der Waals surface area contributed by atoms with Crippen LogP contribution in [-0.4, -0.2) is 20.8 Å². The minimum atomic E-state index is -0.625. The molecule has 170 valence electrons. The largest absolute Gasteiger partial charge is 0.355 e. The number of nitro groups is 1. The van der Waals surface area contributed by atoms with Crippen molar-refractivity contribution in [2.45, 2.75) is 5.92 Å². The summed E-state index contributed by atoms with van der Waals surface area (Å²) in [5, 5.41) is 14.8. The Balaban J connectivity index is 1.59. The van der Waals surface area contributed by atoms with Gasteiger partial charge in [0.1, 0.15) is 6.33 Å². The maximum atomic E-state index is 13.2. The molecule has 34 heavy (non-hydrogen) atoms. The van der Waals surface area contributed by atoms with E-state index in [9.17, 15) is 14.9 Å². The number of anilines is 3. The second-order valence-electron chi connectivity index (χ2n) is 7.18. The summed E-state index contributed by atoms with van der Waals surface area (Å²) in [4.78, 5) is 32.4. The molecule has 0 saturated carbocycles. The van der Waals surface area contributed by atoms with Gasteiger partial charge >= 0.3 is 5.69 Å². The highest BCUT2D eigenvalue weighted by atomic mass is 127. The molecule has 1 heterocycles. The Morgan fingerprint density at radius 3 is 1.97 bits per heavy atom. The van der Waals surface area contributed by atoms with Gasteiger partial charge in [-0.3, -0.25) is 25.8 Å². The van der Waals surface area contributed by atoms with Crippen molar-refractivity contribution in [1.82, 2.24) is 15.4 Å². The molecule has 9 nitrogen and oxygen atoms in total. The van der Waals surface area contributed by atoms with Gasteiger partial charge in [0.15, 0.2) is 0 Å². The van der Waals surface area contributed by atoms with Crippen molar-refractivity contribution in [3.05, 3.63) is 116 Å². The first-order chi connectivity index (χ1) is 16.5. The lowest BCUT2D eigenvalue weighted by Gasteiger charge is -2.18. The van der Waals surface area contributed by atoms with Gasteiger partial charge in [0.2, 0.25) is 17.5 Å². The topological polar surface area (TPSA) is 122 Å². The number of nitrogens with one attached hydrogen (secondary N) is 3. The van der Waals surface area contributed by atoms with E-state index in [0.717, 1.165) is 14.7 Å². The molecule has 0 radical (unpaired) electrons. The molecule has 0 spiro atoms. The summed E-state index contributed by atoms with van der Waals surface area (Å²) in [6, 6.07) is 25.9. The van der Waals surface area contributed by atoms with Crippen molar-refractivity contribution < 1.29 is 9.72 Å². The SMILES string of the molecule is O=C(NNc1ncnc(Nc2ccc(I)cc2)c1[N+](=O)[O-])C(c1ccccc1)c1ccccc1. The number of benzene rings is 3. The number of carbonyl (C=O) groups is 1. The Hall–Kier alpha value is -4.06. The van der Waals surface area contributed by atoms with Crippen molar-refractivity contribution in [1.29, 1.82) is 0 Å². The van der Waals surface area contributed by atoms with Crippen molar-refractivity contribution >= 4 is 51.5 Å². The van der Waals surface area contributed by atoms with Crippen molar-refractivity contribution in [2.75, 3.05) is 10.7 Å². The van der Waals surface area contributed by atoms with Crippen LogP contribution in [0.2, 0.25) is 0 Å². The quantitative estimate of drug-likeness (QED) is 0.156. The average Bonchev–Trinajstić information content (AvgIpc) is 2.85. The third-order valence-corrected chi connectivity index (χ3v) is 5.66. The lowest BCUT2D eigenvalue weighted by Crippen LogP contribution is -2.35. The number of nitrogens with zero attached hydrogens (tertiary/aromatic N) is 3. The molecule has 3 aromatic carbocycles. The monoisotopic (exact) mass is 566 g/mol. The lowest BCUT2D eigenvalue weighted by molar-refractivity contribution is -0.383. The molecule has 3 N–H and O–H groups in total. The highest BCUT2D eigenvalue weighted by molar-refractivity contribution is 14.1. The van der Waals surface area contributed by atoms with Crippen LogP contribution >= 0.6 is 22.6 Å². The molecular weight excluding hydrogens is 547 g/mol. The molecule has 1 aromatic heterocycles. The number of rotatable bonds is 8. The van der Waals surface area contributed by atoms with Gasteiger partial charge in [-0.05, 0) is 58.0 Å². The van der Waals surface area contributed by atoms with Crippen molar-refractivity contribution in [3.8, 4) is 0 Å². The normalized spacial score (nSPS) is 10.5. The van der Waals surface area contributed by atoms with E-state index < -0.39 is 22.4 Å². The first-order valence-corrected chi connectivity index (χ1v) is 11.3. The molecule has 4 aromatic rings. The van der Waals surface area contributed by atoms with Gasteiger partial charge < -0.3 is 5.32 Å². The molecule has 10 heteroatoms. The minimum absolute atomic E-state index is 0.000580. The fourth-order valence-electron chi connectivity index (χ4n) is 3.38. The van der Waals surface area contributed by atoms with Crippen molar-refractivity contribution in [3.63, 3.8) is 0 Å². The van der Waals surface area contributed by atoms with Crippen LogP contribution in [0.4, 0.5) is 23.0 Å². The summed E-state index contributed by atoms with van der Waals surface area (Å²) in [5.74, 6) is -1.15. The van der Waals surface area contributed by atoms with Crippen LogP contribution in [0, 0.1) is 13.7 Å². The maximum Gasteiger partial charge on any atom is 0.355 e. The summed E-state index contributed by atoms with van der Waals surface area (Å²) in [6.07, 6.45) is 1.18. The van der Waals surface area contributed by atoms with Gasteiger partial charge in [-0.2, -0.15) is 0 Å². The third-order valence-electron chi connectivity index (χ3n) is 4.94. The van der Waals surface area contributed by atoms with E-state index in [1.807, 2.05) is 72.8 Å². The summed E-state index contributed by atoms with van der Waals surface area (Å²) >= 11 is 2.17. The first-order valence-electron chi connectivity index (χ1n) is 10.2. The van der Waals surface area contributed by atoms with Gasteiger partial charge in [-0.15, -0.1) is 0 Å². The molecule has 1 amide bonds. The van der Waals surface area contributed by atoms with E-state index >= 15 is 0 Å². The van der Waals surface area contributed by atoms with Crippen LogP contribution in [0.3, 0.4) is 0 Å². The Morgan fingerprint density at radius 2 is 1.41 bits per heavy atom. The van der Waals surface area contributed by atoms with Gasteiger partial charge in [0.25, 0.3) is 0 Å². The minimum Gasteiger partial charge on any atom is -0.334 e. The molecule has 0 aliphatic rings. The molecule has 0 aliphatic heterocycles. The van der Waals surface area contributed by atoms with Crippen LogP contribution in [0.25, 0.3) is 0 Å². The zero-order valence-electron chi connectivity index (χ0n) is 17.7. The number of hydrazine groups is 1. The number of hydrogen-bond acceptors (Lipinski definition) is 7.